The van der Waals surface area contributed by atoms with E-state index in [0.717, 1.165) is 32.4 Å². The van der Waals surface area contributed by atoms with Crippen LogP contribution in [0.5, 0.6) is 0 Å². The highest BCUT2D eigenvalue weighted by Gasteiger charge is 2.33. The number of nitrogens with two attached hydrogens (primary N) is 1. The van der Waals surface area contributed by atoms with Crippen molar-refractivity contribution in [1.82, 2.24) is 4.90 Å². The number of carbonyl (C=O) groups excluding carboxylic acids is 1. The molecule has 3 rings (SSSR count). The first-order chi connectivity index (χ1) is 9.65. The topological polar surface area (TPSA) is 46.3 Å². The molecule has 1 saturated heterocycles. The standard InChI is InChI=1S/C15H18N2OS2/c16-14(19)10-5-7-17(8-6-10)15(18)13-9-11-3-1-2-4-12(11)20-13/h1-4,10,13H,5-9H2,(H2,16,19). The zero-order valence-corrected chi connectivity index (χ0v) is 12.9. The van der Waals surface area contributed by atoms with E-state index in [0.29, 0.717) is 10.9 Å². The van der Waals surface area contributed by atoms with Crippen LogP contribution in [0.25, 0.3) is 0 Å². The van der Waals surface area contributed by atoms with Gasteiger partial charge in [0, 0.05) is 23.9 Å². The zero-order valence-electron chi connectivity index (χ0n) is 11.2. The lowest BCUT2D eigenvalue weighted by Crippen LogP contribution is -2.44. The minimum absolute atomic E-state index is 0.0498. The molecule has 0 aliphatic carbocycles. The monoisotopic (exact) mass is 306 g/mol. The lowest BCUT2D eigenvalue weighted by molar-refractivity contribution is -0.131. The number of likely N-dealkylation sites (tertiary alicyclic amines) is 1. The van der Waals surface area contributed by atoms with Crippen LogP contribution < -0.4 is 5.73 Å². The molecule has 1 unspecified atom stereocenters. The van der Waals surface area contributed by atoms with Gasteiger partial charge >= 0.3 is 0 Å². The maximum atomic E-state index is 12.6. The molecule has 1 aromatic rings. The summed E-state index contributed by atoms with van der Waals surface area (Å²) in [6.07, 6.45) is 2.67. The maximum absolute atomic E-state index is 12.6. The van der Waals surface area contributed by atoms with E-state index in [1.54, 1.807) is 11.8 Å². The molecule has 1 amide bonds. The molecule has 2 N–H and O–H groups in total. The summed E-state index contributed by atoms with van der Waals surface area (Å²) in [7, 11) is 0. The number of fused-ring (bicyclic) bond motifs is 1. The third-order valence-corrected chi connectivity index (χ3v) is 5.77. The van der Waals surface area contributed by atoms with Crippen LogP contribution in [0, 0.1) is 5.92 Å². The number of piperidine rings is 1. The molecular weight excluding hydrogens is 288 g/mol. The van der Waals surface area contributed by atoms with Gasteiger partial charge in [-0.3, -0.25) is 4.79 Å². The van der Waals surface area contributed by atoms with E-state index in [1.165, 1.54) is 10.5 Å². The van der Waals surface area contributed by atoms with Crippen molar-refractivity contribution >= 4 is 34.9 Å². The van der Waals surface area contributed by atoms with E-state index < -0.39 is 0 Å². The van der Waals surface area contributed by atoms with Gasteiger partial charge in [0.1, 0.15) is 0 Å². The Labute approximate surface area is 128 Å². The normalized spacial score (nSPS) is 22.6. The van der Waals surface area contributed by atoms with Gasteiger partial charge in [0.25, 0.3) is 0 Å². The number of rotatable bonds is 2. The van der Waals surface area contributed by atoms with Gasteiger partial charge in [-0.25, -0.2) is 0 Å². The highest BCUT2D eigenvalue weighted by molar-refractivity contribution is 8.01. The van der Waals surface area contributed by atoms with Crippen molar-refractivity contribution in [3.8, 4) is 0 Å². The largest absolute Gasteiger partial charge is 0.393 e. The summed E-state index contributed by atoms with van der Waals surface area (Å²) in [4.78, 5) is 16.4. The molecule has 0 saturated carbocycles. The summed E-state index contributed by atoms with van der Waals surface area (Å²) >= 11 is 6.75. The summed E-state index contributed by atoms with van der Waals surface area (Å²) < 4.78 is 0. The van der Waals surface area contributed by atoms with E-state index in [9.17, 15) is 4.79 Å². The number of amides is 1. The summed E-state index contributed by atoms with van der Waals surface area (Å²) in [6, 6.07) is 8.30. The van der Waals surface area contributed by atoms with Gasteiger partial charge in [0.05, 0.1) is 10.2 Å². The molecule has 2 heterocycles. The van der Waals surface area contributed by atoms with Crippen LogP contribution in [0.3, 0.4) is 0 Å². The molecule has 2 aliphatic heterocycles. The van der Waals surface area contributed by atoms with Crippen molar-refractivity contribution in [1.29, 1.82) is 0 Å². The Morgan fingerprint density at radius 2 is 2.00 bits per heavy atom. The van der Waals surface area contributed by atoms with Crippen LogP contribution in [0.4, 0.5) is 0 Å². The minimum Gasteiger partial charge on any atom is -0.393 e. The highest BCUT2D eigenvalue weighted by Crippen LogP contribution is 2.38. The molecule has 0 radical (unpaired) electrons. The predicted octanol–water partition coefficient (Wildman–Crippen LogP) is 2.23. The molecule has 1 atom stereocenters. The second-order valence-corrected chi connectivity index (χ2v) is 7.14. The quantitative estimate of drug-likeness (QED) is 0.851. The summed E-state index contributed by atoms with van der Waals surface area (Å²) in [6.45, 7) is 1.57. The molecule has 0 bridgehead atoms. The molecular formula is C15H18N2OS2. The van der Waals surface area contributed by atoms with Crippen LogP contribution in [0.15, 0.2) is 29.2 Å². The maximum Gasteiger partial charge on any atom is 0.236 e. The lowest BCUT2D eigenvalue weighted by atomic mass is 9.96. The van der Waals surface area contributed by atoms with Crippen molar-refractivity contribution in [2.45, 2.75) is 29.4 Å². The smallest absolute Gasteiger partial charge is 0.236 e. The SMILES string of the molecule is NC(=S)C1CCN(C(=O)C2Cc3ccccc3S2)CC1. The first kappa shape index (κ1) is 13.9. The van der Waals surface area contributed by atoms with Gasteiger partial charge in [-0.1, -0.05) is 30.4 Å². The third kappa shape index (κ3) is 2.69. The molecule has 0 aromatic heterocycles. The molecule has 5 heteroatoms. The van der Waals surface area contributed by atoms with Gasteiger partial charge in [-0.05, 0) is 30.9 Å². The van der Waals surface area contributed by atoms with E-state index in [4.69, 9.17) is 18.0 Å². The van der Waals surface area contributed by atoms with E-state index in [-0.39, 0.29) is 11.2 Å². The molecule has 20 heavy (non-hydrogen) atoms. The Hall–Kier alpha value is -1.07. The van der Waals surface area contributed by atoms with Gasteiger partial charge < -0.3 is 10.6 Å². The molecule has 106 valence electrons. The minimum atomic E-state index is 0.0498. The number of thioether (sulfide) groups is 1. The molecule has 0 spiro atoms. The Morgan fingerprint density at radius 1 is 1.30 bits per heavy atom. The highest BCUT2D eigenvalue weighted by atomic mass is 32.2. The van der Waals surface area contributed by atoms with Crippen molar-refractivity contribution in [2.24, 2.45) is 11.7 Å². The molecule has 2 aliphatic rings. The van der Waals surface area contributed by atoms with Gasteiger partial charge in [-0.2, -0.15) is 0 Å². The van der Waals surface area contributed by atoms with Gasteiger partial charge in [0.15, 0.2) is 0 Å². The Kier molecular flexibility index (Phi) is 3.98. The van der Waals surface area contributed by atoms with Crippen molar-refractivity contribution < 1.29 is 4.79 Å². The van der Waals surface area contributed by atoms with Crippen LogP contribution in [-0.4, -0.2) is 34.1 Å². The number of hydrogen-bond acceptors (Lipinski definition) is 3. The van der Waals surface area contributed by atoms with E-state index in [2.05, 4.69) is 12.1 Å². The van der Waals surface area contributed by atoms with Crippen molar-refractivity contribution in [3.05, 3.63) is 29.8 Å². The Balaban J connectivity index is 1.60. The van der Waals surface area contributed by atoms with Gasteiger partial charge in [0.2, 0.25) is 5.91 Å². The number of nitrogens with zero attached hydrogens (tertiary/aromatic N) is 1. The zero-order chi connectivity index (χ0) is 14.1. The predicted molar refractivity (Wildman–Crippen MR) is 85.9 cm³/mol. The summed E-state index contributed by atoms with van der Waals surface area (Å²) in [5.74, 6) is 0.579. The van der Waals surface area contributed by atoms with Crippen molar-refractivity contribution in [3.63, 3.8) is 0 Å². The van der Waals surface area contributed by atoms with Crippen LogP contribution in [0.2, 0.25) is 0 Å². The first-order valence-corrected chi connectivity index (χ1v) is 8.26. The molecule has 1 fully saturated rings. The van der Waals surface area contributed by atoms with Gasteiger partial charge in [-0.15, -0.1) is 11.8 Å². The number of thiocarbonyl (C=S) groups is 1. The lowest BCUT2D eigenvalue weighted by Gasteiger charge is -2.32. The average molecular weight is 306 g/mol. The molecule has 3 nitrogen and oxygen atoms in total. The molecule has 1 aromatic carbocycles. The Bertz CT molecular complexity index is 513. The number of carbonyl (C=O) groups is 1. The number of hydrogen-bond donors (Lipinski definition) is 1. The third-order valence-electron chi connectivity index (χ3n) is 4.13. The fraction of sp³-hybridized carbons (Fsp3) is 0.467. The fourth-order valence-corrected chi connectivity index (χ4v) is 4.42. The second kappa shape index (κ2) is 5.74. The Morgan fingerprint density at radius 3 is 2.65 bits per heavy atom. The fourth-order valence-electron chi connectivity index (χ4n) is 2.91. The van der Waals surface area contributed by atoms with Crippen LogP contribution in [-0.2, 0) is 11.2 Å². The van der Waals surface area contributed by atoms with Crippen LogP contribution >= 0.6 is 24.0 Å². The van der Waals surface area contributed by atoms with E-state index in [1.807, 2.05) is 17.0 Å². The van der Waals surface area contributed by atoms with E-state index >= 15 is 0 Å². The second-order valence-electron chi connectivity index (χ2n) is 5.42. The average Bonchev–Trinajstić information content (AvgIpc) is 2.90. The van der Waals surface area contributed by atoms with Crippen molar-refractivity contribution in [2.75, 3.05) is 13.1 Å². The summed E-state index contributed by atoms with van der Waals surface area (Å²) in [5.41, 5.74) is 6.99. The first-order valence-electron chi connectivity index (χ1n) is 6.98. The summed E-state index contributed by atoms with van der Waals surface area (Å²) in [5, 5.41) is 0.0498. The van der Waals surface area contributed by atoms with Crippen LogP contribution in [0.1, 0.15) is 18.4 Å². The number of benzene rings is 1.